The minimum Gasteiger partial charge on any atom is -0.508 e. The summed E-state index contributed by atoms with van der Waals surface area (Å²) in [7, 11) is 0. The molecule has 0 saturated carbocycles. The molecule has 0 spiro atoms. The molecule has 2 heterocycles. The Morgan fingerprint density at radius 1 is 1.09 bits per heavy atom. The summed E-state index contributed by atoms with van der Waals surface area (Å²) in [6.45, 7) is 3.09. The molecular formula is C34H38ClFN8O2. The minimum atomic E-state index is -0.539. The van der Waals surface area contributed by atoms with Gasteiger partial charge in [0.2, 0.25) is 0 Å². The first-order chi connectivity index (χ1) is 22.1. The van der Waals surface area contributed by atoms with Crippen molar-refractivity contribution >= 4 is 28.6 Å². The highest BCUT2D eigenvalue weighted by molar-refractivity contribution is 6.31. The molecule has 240 valence electrons. The lowest BCUT2D eigenvalue weighted by Gasteiger charge is -2.20. The molecule has 0 amide bonds. The molecule has 0 fully saturated rings. The van der Waals surface area contributed by atoms with Crippen LogP contribution in [0.1, 0.15) is 48.9 Å². The molecule has 0 unspecified atom stereocenters. The molecule has 0 bridgehead atoms. The maximum atomic E-state index is 15.2. The second-order valence-corrected chi connectivity index (χ2v) is 11.8. The van der Waals surface area contributed by atoms with E-state index in [1.807, 2.05) is 43.3 Å². The summed E-state index contributed by atoms with van der Waals surface area (Å²) in [6.07, 6.45) is 4.83. The fourth-order valence-corrected chi connectivity index (χ4v) is 5.64. The zero-order valence-electron chi connectivity index (χ0n) is 25.5. The van der Waals surface area contributed by atoms with Crippen LogP contribution < -0.4 is 28.2 Å². The van der Waals surface area contributed by atoms with Gasteiger partial charge in [0.15, 0.2) is 11.8 Å². The highest BCUT2D eigenvalue weighted by atomic mass is 35.5. The molecule has 10 nitrogen and oxygen atoms in total. The summed E-state index contributed by atoms with van der Waals surface area (Å²) in [6, 6.07) is 19.6. The summed E-state index contributed by atoms with van der Waals surface area (Å²) in [5.41, 5.74) is 20.8. The van der Waals surface area contributed by atoms with E-state index >= 15 is 4.39 Å². The number of aryl methyl sites for hydroxylation is 1. The van der Waals surface area contributed by atoms with E-state index in [4.69, 9.17) is 28.8 Å². The number of nitrogens with zero attached hydrogens (tertiary/aromatic N) is 3. The topological polar surface area (TPSA) is 173 Å². The van der Waals surface area contributed by atoms with Crippen LogP contribution in [0.3, 0.4) is 0 Å². The average molecular weight is 645 g/mol. The second-order valence-electron chi connectivity index (χ2n) is 11.4. The number of phenolic OH excluding ortho intramolecular Hbond substituents is 1. The van der Waals surface area contributed by atoms with Crippen molar-refractivity contribution in [1.29, 1.82) is 0 Å². The third kappa shape index (κ3) is 7.92. The van der Waals surface area contributed by atoms with Crippen molar-refractivity contribution in [3.63, 3.8) is 0 Å². The Kier molecular flexibility index (Phi) is 10.4. The van der Waals surface area contributed by atoms with Gasteiger partial charge >= 0.3 is 5.69 Å². The predicted octanol–water partition coefficient (Wildman–Crippen LogP) is 4.89. The van der Waals surface area contributed by atoms with E-state index in [9.17, 15) is 9.90 Å². The van der Waals surface area contributed by atoms with Gasteiger partial charge in [-0.25, -0.2) is 9.18 Å². The summed E-state index contributed by atoms with van der Waals surface area (Å²) >= 11 is 6.26. The van der Waals surface area contributed by atoms with Crippen LogP contribution in [-0.2, 0) is 6.42 Å². The van der Waals surface area contributed by atoms with Gasteiger partial charge in [-0.3, -0.25) is 9.56 Å². The van der Waals surface area contributed by atoms with Crippen molar-refractivity contribution < 1.29 is 9.50 Å². The van der Waals surface area contributed by atoms with E-state index in [1.165, 1.54) is 4.57 Å². The SMILES string of the molecule is C[C@H](N)CCCc1cc(Cl)c(F)c(-c2cc3cn(-c4ccc([C@@H](NCCCN=C(N)N)c5ccc(O)cc5)cc4)c(=O)nc3[nH]2)c1. The largest absolute Gasteiger partial charge is 0.508 e. The van der Waals surface area contributed by atoms with Gasteiger partial charge in [-0.15, -0.1) is 0 Å². The molecule has 0 radical (unpaired) electrons. The molecule has 0 saturated heterocycles. The maximum Gasteiger partial charge on any atom is 0.354 e. The highest BCUT2D eigenvalue weighted by Crippen LogP contribution is 2.32. The maximum absolute atomic E-state index is 15.2. The smallest absolute Gasteiger partial charge is 0.354 e. The molecule has 3 aromatic carbocycles. The van der Waals surface area contributed by atoms with E-state index in [0.29, 0.717) is 41.1 Å². The molecule has 0 aliphatic heterocycles. The predicted molar refractivity (Wildman–Crippen MR) is 182 cm³/mol. The Bertz CT molecular complexity index is 1880. The molecule has 46 heavy (non-hydrogen) atoms. The van der Waals surface area contributed by atoms with E-state index < -0.39 is 11.5 Å². The molecule has 0 aliphatic rings. The van der Waals surface area contributed by atoms with Gasteiger partial charge in [0, 0.05) is 29.7 Å². The number of aromatic hydroxyl groups is 1. The first-order valence-electron chi connectivity index (χ1n) is 15.1. The van der Waals surface area contributed by atoms with Gasteiger partial charge in [0.05, 0.1) is 22.4 Å². The van der Waals surface area contributed by atoms with Crippen molar-refractivity contribution in [3.05, 3.63) is 111 Å². The van der Waals surface area contributed by atoms with Crippen LogP contribution in [0.25, 0.3) is 28.0 Å². The average Bonchev–Trinajstić information content (AvgIpc) is 3.43. The normalized spacial score (nSPS) is 12.7. The second kappa shape index (κ2) is 14.6. The quantitative estimate of drug-likeness (QED) is 0.0601. The first-order valence-corrected chi connectivity index (χ1v) is 15.5. The van der Waals surface area contributed by atoms with Crippen molar-refractivity contribution in [1.82, 2.24) is 19.9 Å². The van der Waals surface area contributed by atoms with Gasteiger partial charge in [-0.2, -0.15) is 4.98 Å². The number of aliphatic imine (C=N–C) groups is 1. The van der Waals surface area contributed by atoms with Crippen LogP contribution in [0.15, 0.2) is 82.7 Å². The van der Waals surface area contributed by atoms with Crippen LogP contribution in [0, 0.1) is 5.82 Å². The van der Waals surface area contributed by atoms with Crippen LogP contribution >= 0.6 is 11.6 Å². The van der Waals surface area contributed by atoms with Crippen molar-refractivity contribution in [2.75, 3.05) is 13.1 Å². The number of nitrogens with one attached hydrogen (secondary N) is 2. The lowest BCUT2D eigenvalue weighted by molar-refractivity contribution is 0.474. The van der Waals surface area contributed by atoms with Crippen LogP contribution in [0.2, 0.25) is 5.02 Å². The molecule has 9 N–H and O–H groups in total. The molecular weight excluding hydrogens is 607 g/mol. The number of rotatable bonds is 13. The Hall–Kier alpha value is -4.71. The number of hydrogen-bond acceptors (Lipinski definition) is 6. The number of guanidine groups is 1. The molecule has 2 atom stereocenters. The van der Waals surface area contributed by atoms with Gasteiger partial charge in [-0.1, -0.05) is 35.9 Å². The number of fused-ring (bicyclic) bond motifs is 1. The number of halogens is 2. The lowest BCUT2D eigenvalue weighted by Crippen LogP contribution is -2.26. The van der Waals surface area contributed by atoms with Crippen LogP contribution in [-0.4, -0.2) is 44.7 Å². The van der Waals surface area contributed by atoms with Gasteiger partial charge in [-0.05, 0) is 98.3 Å². The fourth-order valence-electron chi connectivity index (χ4n) is 5.39. The first kappa shape index (κ1) is 32.7. The molecule has 2 aromatic heterocycles. The van der Waals surface area contributed by atoms with Gasteiger partial charge in [0.1, 0.15) is 11.4 Å². The standard InChI is InChI=1S/C34H38ClFN8O2/c1-20(37)4-2-5-21-16-27(30(36)28(35)17-21)29-18-24-19-44(34(46)43-32(24)42-29)25-10-6-22(7-11-25)31(23-8-12-26(45)13-9-23)40-14-3-15-41-33(38)39/h6-13,16-20,31,40,45H,2-5,14-15,37H2,1H3,(H4,38,39,41)(H,42,43,46)/t20-,31+/m0/s1. The number of hydrogen-bond donors (Lipinski definition) is 6. The van der Waals surface area contributed by atoms with Crippen molar-refractivity contribution in [2.45, 2.75) is 44.7 Å². The number of H-pyrrole nitrogens is 1. The minimum absolute atomic E-state index is 0.0356. The van der Waals surface area contributed by atoms with Gasteiger partial charge in [0.25, 0.3) is 0 Å². The number of aromatic nitrogens is 3. The van der Waals surface area contributed by atoms with E-state index in [2.05, 4.69) is 20.3 Å². The van der Waals surface area contributed by atoms with Crippen molar-refractivity contribution in [3.8, 4) is 22.7 Å². The fraction of sp³-hybridized carbons (Fsp3) is 0.265. The van der Waals surface area contributed by atoms with Crippen molar-refractivity contribution in [2.24, 2.45) is 22.2 Å². The van der Waals surface area contributed by atoms with Gasteiger partial charge < -0.3 is 32.6 Å². The number of benzene rings is 3. The van der Waals surface area contributed by atoms with E-state index in [-0.39, 0.29) is 28.8 Å². The van der Waals surface area contributed by atoms with E-state index in [0.717, 1.165) is 42.4 Å². The summed E-state index contributed by atoms with van der Waals surface area (Å²) in [5.74, 6) is -0.307. The third-order valence-electron chi connectivity index (χ3n) is 7.72. The molecule has 5 aromatic rings. The lowest BCUT2D eigenvalue weighted by atomic mass is 9.98. The highest BCUT2D eigenvalue weighted by Gasteiger charge is 2.17. The number of aromatic amines is 1. The Morgan fingerprint density at radius 2 is 1.78 bits per heavy atom. The Balaban J connectivity index is 1.41. The zero-order chi connectivity index (χ0) is 32.8. The Morgan fingerprint density at radius 3 is 2.46 bits per heavy atom. The molecule has 12 heteroatoms. The molecule has 0 aliphatic carbocycles. The van der Waals surface area contributed by atoms with E-state index in [1.54, 1.807) is 36.5 Å². The summed E-state index contributed by atoms with van der Waals surface area (Å²) in [4.78, 5) is 24.5. The Labute approximate surface area is 271 Å². The molecule has 5 rings (SSSR count). The third-order valence-corrected chi connectivity index (χ3v) is 7.99. The van der Waals surface area contributed by atoms with Crippen LogP contribution in [0.4, 0.5) is 4.39 Å². The number of nitrogens with two attached hydrogens (primary N) is 3. The zero-order valence-corrected chi connectivity index (χ0v) is 26.3. The monoisotopic (exact) mass is 644 g/mol. The number of phenols is 1. The van der Waals surface area contributed by atoms with Crippen LogP contribution in [0.5, 0.6) is 5.75 Å². The summed E-state index contributed by atoms with van der Waals surface area (Å²) < 4.78 is 16.6. The summed E-state index contributed by atoms with van der Waals surface area (Å²) in [5, 5.41) is 14.0.